The van der Waals surface area contributed by atoms with Gasteiger partial charge in [0.15, 0.2) is 0 Å². The third-order valence-corrected chi connectivity index (χ3v) is 5.09. The van der Waals surface area contributed by atoms with Crippen molar-refractivity contribution in [1.29, 1.82) is 0 Å². The van der Waals surface area contributed by atoms with Crippen LogP contribution in [0.15, 0.2) is 40.9 Å². The van der Waals surface area contributed by atoms with Gasteiger partial charge < -0.3 is 9.47 Å². The van der Waals surface area contributed by atoms with Gasteiger partial charge >= 0.3 is 0 Å². The average molecular weight is 405 g/mol. The maximum atomic E-state index is 6.07. The summed E-state index contributed by atoms with van der Waals surface area (Å²) in [4.78, 5) is 0. The second kappa shape index (κ2) is 9.98. The number of hydrogen-bond donors (Lipinski definition) is 0. The quantitative estimate of drug-likeness (QED) is 0.598. The van der Waals surface area contributed by atoms with E-state index in [1.54, 1.807) is 0 Å². The van der Waals surface area contributed by atoms with Crippen molar-refractivity contribution in [3.8, 4) is 5.75 Å². The summed E-state index contributed by atoms with van der Waals surface area (Å²) in [5, 5.41) is 0. The molecule has 2 nitrogen and oxygen atoms in total. The molecule has 1 fully saturated rings. The maximum absolute atomic E-state index is 6.07. The summed E-state index contributed by atoms with van der Waals surface area (Å²) in [7, 11) is 0. The van der Waals surface area contributed by atoms with Crippen LogP contribution in [0.5, 0.6) is 5.75 Å². The minimum absolute atomic E-state index is 0.188. The second-order valence-electron chi connectivity index (χ2n) is 6.16. The molecule has 1 unspecified atom stereocenters. The van der Waals surface area contributed by atoms with Gasteiger partial charge in [0.05, 0.1) is 13.2 Å². The lowest BCUT2D eigenvalue weighted by Crippen LogP contribution is -2.16. The van der Waals surface area contributed by atoms with Gasteiger partial charge in [0.1, 0.15) is 11.9 Å². The minimum atomic E-state index is 0.188. The molecule has 2 aromatic carbocycles. The van der Waals surface area contributed by atoms with Crippen LogP contribution in [-0.2, 0) is 17.6 Å². The third kappa shape index (κ3) is 5.58. The molecule has 1 aliphatic rings. The summed E-state index contributed by atoms with van der Waals surface area (Å²) in [6.45, 7) is 9.80. The fourth-order valence-corrected chi connectivity index (χ4v) is 3.35. The van der Waals surface area contributed by atoms with E-state index in [9.17, 15) is 0 Å². The Bertz CT molecular complexity index is 658. The van der Waals surface area contributed by atoms with Crippen molar-refractivity contribution in [2.24, 2.45) is 0 Å². The Labute approximate surface area is 160 Å². The molecule has 0 spiro atoms. The molecule has 0 saturated carbocycles. The zero-order valence-electron chi connectivity index (χ0n) is 15.8. The van der Waals surface area contributed by atoms with Gasteiger partial charge in [0.25, 0.3) is 0 Å². The summed E-state index contributed by atoms with van der Waals surface area (Å²) in [5.74, 6) is 0.956. The van der Waals surface area contributed by atoms with Crippen molar-refractivity contribution >= 4 is 15.9 Å². The first kappa shape index (κ1) is 20.0. The minimum Gasteiger partial charge on any atom is -0.488 e. The lowest BCUT2D eigenvalue weighted by Gasteiger charge is -2.16. The Morgan fingerprint density at radius 1 is 1.12 bits per heavy atom. The van der Waals surface area contributed by atoms with Crippen LogP contribution in [0.2, 0.25) is 0 Å². The average Bonchev–Trinajstić information content (AvgIpc) is 3.15. The van der Waals surface area contributed by atoms with Crippen LogP contribution < -0.4 is 4.74 Å². The Kier molecular flexibility index (Phi) is 7.98. The Morgan fingerprint density at radius 2 is 1.80 bits per heavy atom. The van der Waals surface area contributed by atoms with Crippen molar-refractivity contribution < 1.29 is 9.47 Å². The molecule has 1 atom stereocenters. The molecule has 3 rings (SSSR count). The van der Waals surface area contributed by atoms with E-state index in [4.69, 9.17) is 9.47 Å². The zero-order valence-corrected chi connectivity index (χ0v) is 17.4. The SMILES string of the molecule is CC.CCc1ccc(Cc2cc(C)c(OC3CCOC3)cc2Br)cc1. The maximum Gasteiger partial charge on any atom is 0.124 e. The zero-order chi connectivity index (χ0) is 18.2. The first-order chi connectivity index (χ1) is 12.2. The highest BCUT2D eigenvalue weighted by atomic mass is 79.9. The van der Waals surface area contributed by atoms with Crippen LogP contribution in [0.1, 0.15) is 49.4 Å². The molecule has 3 heteroatoms. The summed E-state index contributed by atoms with van der Waals surface area (Å²) in [6.07, 6.45) is 3.17. The lowest BCUT2D eigenvalue weighted by atomic mass is 10.0. The smallest absolute Gasteiger partial charge is 0.124 e. The van der Waals surface area contributed by atoms with E-state index in [1.807, 2.05) is 13.8 Å². The van der Waals surface area contributed by atoms with Gasteiger partial charge in [-0.05, 0) is 48.1 Å². The monoisotopic (exact) mass is 404 g/mol. The second-order valence-corrected chi connectivity index (χ2v) is 7.01. The number of benzene rings is 2. The molecule has 2 aromatic rings. The number of halogens is 1. The molecule has 0 aromatic heterocycles. The topological polar surface area (TPSA) is 18.5 Å². The third-order valence-electron chi connectivity index (χ3n) is 4.35. The van der Waals surface area contributed by atoms with Gasteiger partial charge in [-0.3, -0.25) is 0 Å². The van der Waals surface area contributed by atoms with Crippen molar-refractivity contribution in [2.75, 3.05) is 13.2 Å². The van der Waals surface area contributed by atoms with Crippen LogP contribution in [0.3, 0.4) is 0 Å². The van der Waals surface area contributed by atoms with Crippen molar-refractivity contribution in [3.63, 3.8) is 0 Å². The Morgan fingerprint density at radius 3 is 2.40 bits per heavy atom. The van der Waals surface area contributed by atoms with E-state index in [0.717, 1.165) is 36.1 Å². The molecule has 0 bridgehead atoms. The van der Waals surface area contributed by atoms with E-state index >= 15 is 0 Å². The molecule has 1 aliphatic heterocycles. The molecular formula is C22H29BrO2. The van der Waals surface area contributed by atoms with E-state index in [2.05, 4.69) is 66.2 Å². The van der Waals surface area contributed by atoms with Crippen LogP contribution in [0, 0.1) is 6.92 Å². The molecule has 1 heterocycles. The predicted molar refractivity (Wildman–Crippen MR) is 109 cm³/mol. The van der Waals surface area contributed by atoms with Gasteiger partial charge in [-0.15, -0.1) is 0 Å². The van der Waals surface area contributed by atoms with Crippen LogP contribution >= 0.6 is 15.9 Å². The summed E-state index contributed by atoms with van der Waals surface area (Å²) in [6, 6.07) is 13.2. The van der Waals surface area contributed by atoms with Crippen molar-refractivity contribution in [1.82, 2.24) is 0 Å². The van der Waals surface area contributed by atoms with Crippen LogP contribution in [0.4, 0.5) is 0 Å². The number of aryl methyl sites for hydroxylation is 2. The summed E-state index contributed by atoms with van der Waals surface area (Å²) in [5.41, 5.74) is 5.19. The number of ether oxygens (including phenoxy) is 2. The highest BCUT2D eigenvalue weighted by Crippen LogP contribution is 2.30. The Balaban J connectivity index is 0.00000109. The molecule has 0 amide bonds. The Hall–Kier alpha value is -1.32. The van der Waals surface area contributed by atoms with Crippen molar-refractivity contribution in [2.45, 2.75) is 53.1 Å². The molecule has 0 radical (unpaired) electrons. The van der Waals surface area contributed by atoms with Gasteiger partial charge in [-0.25, -0.2) is 0 Å². The van der Waals surface area contributed by atoms with Gasteiger partial charge in [0.2, 0.25) is 0 Å². The van der Waals surface area contributed by atoms with Crippen LogP contribution in [0.25, 0.3) is 0 Å². The molecule has 0 N–H and O–H groups in total. The summed E-state index contributed by atoms with van der Waals surface area (Å²) < 4.78 is 12.6. The molecular weight excluding hydrogens is 376 g/mol. The van der Waals surface area contributed by atoms with Crippen LogP contribution in [-0.4, -0.2) is 19.3 Å². The normalized spacial score (nSPS) is 16.3. The standard InChI is InChI=1S/C20H23BrO2.C2H6/c1-3-15-4-6-16(7-5-15)11-17-10-14(2)20(12-19(17)21)23-18-8-9-22-13-18;1-2/h4-7,10,12,18H,3,8-9,11,13H2,1-2H3;1-2H3. The number of rotatable bonds is 5. The lowest BCUT2D eigenvalue weighted by molar-refractivity contribution is 0.141. The highest BCUT2D eigenvalue weighted by molar-refractivity contribution is 9.10. The van der Waals surface area contributed by atoms with E-state index in [-0.39, 0.29) is 6.10 Å². The largest absolute Gasteiger partial charge is 0.488 e. The number of hydrogen-bond acceptors (Lipinski definition) is 2. The molecule has 25 heavy (non-hydrogen) atoms. The van der Waals surface area contributed by atoms with E-state index in [0.29, 0.717) is 6.61 Å². The van der Waals surface area contributed by atoms with Gasteiger partial charge in [-0.1, -0.05) is 67.0 Å². The van der Waals surface area contributed by atoms with Crippen molar-refractivity contribution in [3.05, 3.63) is 63.1 Å². The van der Waals surface area contributed by atoms with E-state index in [1.165, 1.54) is 22.3 Å². The molecule has 0 aliphatic carbocycles. The van der Waals surface area contributed by atoms with Gasteiger partial charge in [-0.2, -0.15) is 0 Å². The van der Waals surface area contributed by atoms with E-state index < -0.39 is 0 Å². The summed E-state index contributed by atoms with van der Waals surface area (Å²) >= 11 is 3.71. The predicted octanol–water partition coefficient (Wildman–Crippen LogP) is 6.10. The first-order valence-corrected chi connectivity index (χ1v) is 10.1. The first-order valence-electron chi connectivity index (χ1n) is 9.27. The molecule has 136 valence electrons. The highest BCUT2D eigenvalue weighted by Gasteiger charge is 2.18. The fourth-order valence-electron chi connectivity index (χ4n) is 2.88. The fraction of sp³-hybridized carbons (Fsp3) is 0.455. The van der Waals surface area contributed by atoms with Gasteiger partial charge in [0, 0.05) is 10.9 Å². The molecule has 1 saturated heterocycles.